The molecule has 0 unspecified atom stereocenters. The molecular formula is C25H34F2N6O. The first-order valence-corrected chi connectivity index (χ1v) is 12.1. The van der Waals surface area contributed by atoms with E-state index < -0.39 is 6.43 Å². The van der Waals surface area contributed by atoms with Crippen LogP contribution in [0.2, 0.25) is 0 Å². The Morgan fingerprint density at radius 3 is 2.62 bits per heavy atom. The summed E-state index contributed by atoms with van der Waals surface area (Å²) in [5, 5.41) is 9.46. The molecule has 3 aliphatic heterocycles. The Morgan fingerprint density at radius 1 is 1.21 bits per heavy atom. The van der Waals surface area contributed by atoms with Gasteiger partial charge in [0.25, 0.3) is 6.43 Å². The second kappa shape index (κ2) is 10.1. The lowest BCUT2D eigenvalue weighted by molar-refractivity contribution is -0.129. The van der Waals surface area contributed by atoms with Gasteiger partial charge in [0.2, 0.25) is 5.91 Å². The van der Waals surface area contributed by atoms with Gasteiger partial charge in [-0.25, -0.2) is 14.2 Å². The predicted octanol–water partition coefficient (Wildman–Crippen LogP) is 4.54. The normalized spacial score (nSPS) is 17.3. The fraction of sp³-hybridized carbons (Fsp3) is 0.520. The van der Waals surface area contributed by atoms with Crippen LogP contribution in [0, 0.1) is 0 Å². The van der Waals surface area contributed by atoms with Crippen molar-refractivity contribution < 1.29 is 13.6 Å². The summed E-state index contributed by atoms with van der Waals surface area (Å²) >= 11 is 0. The molecule has 0 saturated heterocycles. The number of nitrogens with zero attached hydrogens (tertiary/aromatic N) is 4. The van der Waals surface area contributed by atoms with Crippen molar-refractivity contribution in [1.82, 2.24) is 25.5 Å². The third kappa shape index (κ3) is 4.66. The first-order chi connectivity index (χ1) is 16.3. The quantitative estimate of drug-likeness (QED) is 0.686. The maximum Gasteiger partial charge on any atom is 0.264 e. The molecule has 2 N–H and O–H groups in total. The van der Waals surface area contributed by atoms with Crippen molar-refractivity contribution in [3.8, 4) is 0 Å². The lowest BCUT2D eigenvalue weighted by atomic mass is 9.92. The Bertz CT molecular complexity index is 1080. The van der Waals surface area contributed by atoms with E-state index in [2.05, 4.69) is 29.5 Å². The van der Waals surface area contributed by atoms with Gasteiger partial charge in [0.1, 0.15) is 0 Å². The SMILES string of the molecule is CC(=O)N1CCc2[nH]nc(N3CCCc4cc(C5=CN(C)NC5)c(C(F)F)cc43)c2C1.CCC. The minimum Gasteiger partial charge on any atom is -0.338 e. The molecule has 7 nitrogen and oxygen atoms in total. The molecule has 0 radical (unpaired) electrons. The smallest absolute Gasteiger partial charge is 0.264 e. The first-order valence-electron chi connectivity index (χ1n) is 12.1. The molecule has 0 fully saturated rings. The Balaban J connectivity index is 0.000000868. The van der Waals surface area contributed by atoms with E-state index in [0.29, 0.717) is 31.7 Å². The fourth-order valence-corrected chi connectivity index (χ4v) is 4.80. The zero-order valence-electron chi connectivity index (χ0n) is 20.4. The topological polar surface area (TPSA) is 67.5 Å². The number of anilines is 2. The third-order valence-electron chi connectivity index (χ3n) is 6.43. The highest BCUT2D eigenvalue weighted by Gasteiger charge is 2.31. The van der Waals surface area contributed by atoms with E-state index >= 15 is 0 Å². The van der Waals surface area contributed by atoms with Gasteiger partial charge in [-0.2, -0.15) is 5.10 Å². The van der Waals surface area contributed by atoms with Crippen LogP contribution >= 0.6 is 0 Å². The molecule has 184 valence electrons. The number of hydrogen-bond donors (Lipinski definition) is 2. The zero-order chi connectivity index (χ0) is 24.4. The average Bonchev–Trinajstić information content (AvgIpc) is 3.44. The van der Waals surface area contributed by atoms with Crippen LogP contribution in [0.3, 0.4) is 0 Å². The van der Waals surface area contributed by atoms with Crippen molar-refractivity contribution in [2.24, 2.45) is 0 Å². The van der Waals surface area contributed by atoms with Crippen molar-refractivity contribution in [3.05, 3.63) is 46.3 Å². The number of halogens is 2. The minimum atomic E-state index is -2.57. The molecule has 0 aliphatic carbocycles. The Labute approximate surface area is 199 Å². The van der Waals surface area contributed by atoms with Crippen LogP contribution in [0.25, 0.3) is 5.57 Å². The lowest BCUT2D eigenvalue weighted by Crippen LogP contribution is -2.35. The second-order valence-electron chi connectivity index (χ2n) is 9.13. The first kappa shape index (κ1) is 24.2. The molecule has 1 aromatic carbocycles. The second-order valence-corrected chi connectivity index (χ2v) is 9.13. The molecule has 0 bridgehead atoms. The summed E-state index contributed by atoms with van der Waals surface area (Å²) in [5.74, 6) is 0.779. The highest BCUT2D eigenvalue weighted by Crippen LogP contribution is 2.41. The Kier molecular flexibility index (Phi) is 7.21. The van der Waals surface area contributed by atoms with E-state index in [1.807, 2.05) is 24.2 Å². The molecule has 34 heavy (non-hydrogen) atoms. The monoisotopic (exact) mass is 472 g/mol. The fourth-order valence-electron chi connectivity index (χ4n) is 4.80. The van der Waals surface area contributed by atoms with Gasteiger partial charge < -0.3 is 14.8 Å². The van der Waals surface area contributed by atoms with Crippen molar-refractivity contribution in [1.29, 1.82) is 0 Å². The van der Waals surface area contributed by atoms with Crippen LogP contribution in [0.4, 0.5) is 20.3 Å². The molecular weight excluding hydrogens is 438 g/mol. The summed E-state index contributed by atoms with van der Waals surface area (Å²) < 4.78 is 28.2. The van der Waals surface area contributed by atoms with Crippen molar-refractivity contribution >= 4 is 23.0 Å². The number of H-pyrrole nitrogens is 1. The lowest BCUT2D eigenvalue weighted by Gasteiger charge is -2.33. The van der Waals surface area contributed by atoms with Crippen LogP contribution in [0.5, 0.6) is 0 Å². The molecule has 1 aromatic heterocycles. The van der Waals surface area contributed by atoms with Gasteiger partial charge in [-0.05, 0) is 41.7 Å². The summed E-state index contributed by atoms with van der Waals surface area (Å²) in [6, 6.07) is 3.57. The summed E-state index contributed by atoms with van der Waals surface area (Å²) in [4.78, 5) is 15.8. The Morgan fingerprint density at radius 2 is 1.97 bits per heavy atom. The number of hydrogen-bond acceptors (Lipinski definition) is 5. The summed E-state index contributed by atoms with van der Waals surface area (Å²) in [7, 11) is 1.86. The highest BCUT2D eigenvalue weighted by molar-refractivity contribution is 5.78. The number of amides is 1. The van der Waals surface area contributed by atoms with Crippen LogP contribution in [-0.2, 0) is 24.2 Å². The average molecular weight is 473 g/mol. The van der Waals surface area contributed by atoms with Crippen LogP contribution < -0.4 is 10.3 Å². The van der Waals surface area contributed by atoms with Gasteiger partial charge in [0, 0.05) is 68.7 Å². The standard InChI is InChI=1S/C22H26F2N6O.C3H8/c1-13(31)29-7-5-19-18(12-29)22(27-26-19)30-6-3-4-14-8-16(15-10-25-28(2)11-15)17(21(23)24)9-20(14)30;1-3-2/h8-9,11,21,25H,3-7,10,12H2,1-2H3,(H,26,27);3H2,1-2H3. The van der Waals surface area contributed by atoms with Gasteiger partial charge in [0.05, 0.1) is 6.54 Å². The highest BCUT2D eigenvalue weighted by atomic mass is 19.3. The van der Waals surface area contributed by atoms with Gasteiger partial charge in [0.15, 0.2) is 5.82 Å². The van der Waals surface area contributed by atoms with Crippen LogP contribution in [0.1, 0.15) is 68.0 Å². The van der Waals surface area contributed by atoms with Crippen LogP contribution in [-0.4, -0.2) is 52.7 Å². The maximum absolute atomic E-state index is 14.1. The minimum absolute atomic E-state index is 0.0323. The molecule has 0 saturated carbocycles. The number of carbonyl (C=O) groups is 1. The number of aryl methyl sites for hydroxylation is 1. The summed E-state index contributed by atoms with van der Waals surface area (Å²) in [6.07, 6.45) is 3.02. The molecule has 0 spiro atoms. The molecule has 9 heteroatoms. The number of carbonyl (C=O) groups excluding carboxylic acids is 1. The van der Waals surface area contributed by atoms with E-state index in [1.54, 1.807) is 22.9 Å². The number of rotatable bonds is 3. The van der Waals surface area contributed by atoms with Gasteiger partial charge in [-0.1, -0.05) is 20.3 Å². The van der Waals surface area contributed by atoms with E-state index in [-0.39, 0.29) is 11.5 Å². The number of benzene rings is 1. The number of aromatic amines is 1. The van der Waals surface area contributed by atoms with Crippen LogP contribution in [0.15, 0.2) is 18.3 Å². The molecule has 5 rings (SSSR count). The third-order valence-corrected chi connectivity index (χ3v) is 6.43. The van der Waals surface area contributed by atoms with E-state index in [9.17, 15) is 13.6 Å². The Hall–Kier alpha value is -2.94. The van der Waals surface area contributed by atoms with E-state index in [1.165, 1.54) is 6.42 Å². The summed E-state index contributed by atoms with van der Waals surface area (Å²) in [5.41, 5.74) is 8.51. The maximum atomic E-state index is 14.1. The number of alkyl halides is 2. The molecule has 4 heterocycles. The molecule has 0 atom stereocenters. The van der Waals surface area contributed by atoms with E-state index in [0.717, 1.165) is 53.2 Å². The number of fused-ring (bicyclic) bond motifs is 2. The zero-order valence-corrected chi connectivity index (χ0v) is 20.4. The predicted molar refractivity (Wildman–Crippen MR) is 130 cm³/mol. The van der Waals surface area contributed by atoms with Crippen molar-refractivity contribution in [2.75, 3.05) is 31.6 Å². The van der Waals surface area contributed by atoms with Crippen molar-refractivity contribution in [2.45, 2.75) is 59.4 Å². The van der Waals surface area contributed by atoms with Gasteiger partial charge in [-0.15, -0.1) is 0 Å². The number of nitrogens with one attached hydrogen (secondary N) is 2. The van der Waals surface area contributed by atoms with Gasteiger partial charge in [-0.3, -0.25) is 9.89 Å². The number of aromatic nitrogens is 2. The molecule has 1 amide bonds. The largest absolute Gasteiger partial charge is 0.338 e. The molecule has 3 aliphatic rings. The van der Waals surface area contributed by atoms with Gasteiger partial charge >= 0.3 is 0 Å². The number of hydrazine groups is 1. The van der Waals surface area contributed by atoms with E-state index in [4.69, 9.17) is 0 Å². The van der Waals surface area contributed by atoms with Crippen molar-refractivity contribution in [3.63, 3.8) is 0 Å². The molecule has 2 aromatic rings. The summed E-state index contributed by atoms with van der Waals surface area (Å²) in [6.45, 7) is 8.22.